The summed E-state index contributed by atoms with van der Waals surface area (Å²) in [6, 6.07) is 0. The Kier molecular flexibility index (Phi) is 5.22. The van der Waals surface area contributed by atoms with E-state index >= 15 is 0 Å². The number of rotatable bonds is 5. The standard InChI is InChI=1S/C10H20O/c1-6-10(7-8(2)3)11-9(4)5/h6,8-10H,1,7H2,2-5H3. The molecule has 0 saturated heterocycles. The van der Waals surface area contributed by atoms with E-state index in [1.54, 1.807) is 0 Å². The van der Waals surface area contributed by atoms with Crippen molar-refractivity contribution < 1.29 is 4.74 Å². The molecule has 1 heteroatoms. The van der Waals surface area contributed by atoms with Crippen LogP contribution in [0.3, 0.4) is 0 Å². The van der Waals surface area contributed by atoms with Gasteiger partial charge in [-0.15, -0.1) is 6.58 Å². The van der Waals surface area contributed by atoms with Gasteiger partial charge in [-0.1, -0.05) is 19.9 Å². The first-order valence-electron chi connectivity index (χ1n) is 4.34. The van der Waals surface area contributed by atoms with Gasteiger partial charge in [-0.05, 0) is 26.2 Å². The van der Waals surface area contributed by atoms with Crippen LogP contribution in [0, 0.1) is 5.92 Å². The molecule has 0 rings (SSSR count). The van der Waals surface area contributed by atoms with E-state index in [1.807, 2.05) is 6.08 Å². The molecule has 66 valence electrons. The third-order valence-electron chi connectivity index (χ3n) is 1.41. The summed E-state index contributed by atoms with van der Waals surface area (Å²) in [7, 11) is 0. The molecule has 0 radical (unpaired) electrons. The zero-order valence-corrected chi connectivity index (χ0v) is 8.13. The lowest BCUT2D eigenvalue weighted by Gasteiger charge is -2.18. The maximum Gasteiger partial charge on any atom is 0.0759 e. The minimum atomic E-state index is 0.231. The second kappa shape index (κ2) is 5.36. The molecule has 0 aliphatic heterocycles. The lowest BCUT2D eigenvalue weighted by molar-refractivity contribution is 0.0249. The highest BCUT2D eigenvalue weighted by Gasteiger charge is 2.08. The summed E-state index contributed by atoms with van der Waals surface area (Å²) in [6.07, 6.45) is 3.49. The molecule has 0 fully saturated rings. The quantitative estimate of drug-likeness (QED) is 0.556. The van der Waals surface area contributed by atoms with E-state index in [9.17, 15) is 0 Å². The van der Waals surface area contributed by atoms with Gasteiger partial charge in [-0.3, -0.25) is 0 Å². The molecule has 0 aliphatic rings. The Morgan fingerprint density at radius 1 is 1.27 bits per heavy atom. The summed E-state index contributed by atoms with van der Waals surface area (Å²) in [5.74, 6) is 0.678. The molecule has 1 unspecified atom stereocenters. The van der Waals surface area contributed by atoms with E-state index < -0.39 is 0 Å². The maximum absolute atomic E-state index is 5.59. The maximum atomic E-state index is 5.59. The Hall–Kier alpha value is -0.300. The highest BCUT2D eigenvalue weighted by molar-refractivity contribution is 4.81. The normalized spacial score (nSPS) is 14.0. The molecule has 0 amide bonds. The fraction of sp³-hybridized carbons (Fsp3) is 0.800. The minimum Gasteiger partial charge on any atom is -0.372 e. The molecule has 0 N–H and O–H groups in total. The van der Waals surface area contributed by atoms with E-state index in [1.165, 1.54) is 0 Å². The number of ether oxygens (including phenoxy) is 1. The Morgan fingerprint density at radius 2 is 1.82 bits per heavy atom. The predicted octanol–water partition coefficient (Wildman–Crippen LogP) is 3.01. The number of hydrogen-bond donors (Lipinski definition) is 0. The Bertz CT molecular complexity index is 95.4. The second-order valence-corrected chi connectivity index (χ2v) is 3.59. The van der Waals surface area contributed by atoms with Gasteiger partial charge in [0.1, 0.15) is 0 Å². The molecule has 0 spiro atoms. The molecule has 1 atom stereocenters. The van der Waals surface area contributed by atoms with Gasteiger partial charge < -0.3 is 4.74 Å². The molecular weight excluding hydrogens is 136 g/mol. The van der Waals surface area contributed by atoms with Crippen molar-refractivity contribution in [2.75, 3.05) is 0 Å². The van der Waals surface area contributed by atoms with Crippen LogP contribution in [0.5, 0.6) is 0 Å². The zero-order valence-electron chi connectivity index (χ0n) is 8.13. The van der Waals surface area contributed by atoms with Gasteiger partial charge in [0.2, 0.25) is 0 Å². The van der Waals surface area contributed by atoms with Crippen molar-refractivity contribution in [1.82, 2.24) is 0 Å². The molecule has 0 aromatic rings. The molecule has 1 nitrogen and oxygen atoms in total. The largest absolute Gasteiger partial charge is 0.372 e. The van der Waals surface area contributed by atoms with E-state index in [4.69, 9.17) is 4.74 Å². The molecule has 0 saturated carbocycles. The van der Waals surface area contributed by atoms with E-state index in [-0.39, 0.29) is 6.10 Å². The van der Waals surface area contributed by atoms with Crippen LogP contribution < -0.4 is 0 Å². The van der Waals surface area contributed by atoms with Gasteiger partial charge in [0.15, 0.2) is 0 Å². The first-order chi connectivity index (χ1) is 5.06. The van der Waals surface area contributed by atoms with E-state index in [2.05, 4.69) is 34.3 Å². The fourth-order valence-electron chi connectivity index (χ4n) is 1.02. The lowest BCUT2D eigenvalue weighted by Crippen LogP contribution is -2.17. The third kappa shape index (κ3) is 6.11. The van der Waals surface area contributed by atoms with Gasteiger partial charge in [0.25, 0.3) is 0 Å². The van der Waals surface area contributed by atoms with Gasteiger partial charge >= 0.3 is 0 Å². The summed E-state index contributed by atoms with van der Waals surface area (Å²) in [6.45, 7) is 12.2. The monoisotopic (exact) mass is 156 g/mol. The smallest absolute Gasteiger partial charge is 0.0759 e. The van der Waals surface area contributed by atoms with Gasteiger partial charge in [0.05, 0.1) is 12.2 Å². The Labute approximate surface area is 70.4 Å². The summed E-state index contributed by atoms with van der Waals surface area (Å²) >= 11 is 0. The average molecular weight is 156 g/mol. The molecule has 0 bridgehead atoms. The van der Waals surface area contributed by atoms with Crippen LogP contribution in [0.2, 0.25) is 0 Å². The van der Waals surface area contributed by atoms with Crippen molar-refractivity contribution in [2.24, 2.45) is 5.92 Å². The summed E-state index contributed by atoms with van der Waals surface area (Å²) in [5, 5.41) is 0. The Balaban J connectivity index is 3.67. The SMILES string of the molecule is C=CC(CC(C)C)OC(C)C. The van der Waals surface area contributed by atoms with Crippen molar-refractivity contribution in [1.29, 1.82) is 0 Å². The van der Waals surface area contributed by atoms with Crippen LogP contribution in [-0.4, -0.2) is 12.2 Å². The second-order valence-electron chi connectivity index (χ2n) is 3.59. The molecule has 0 aromatic heterocycles. The van der Waals surface area contributed by atoms with Crippen LogP contribution in [0.15, 0.2) is 12.7 Å². The van der Waals surface area contributed by atoms with Crippen LogP contribution >= 0.6 is 0 Å². The minimum absolute atomic E-state index is 0.231. The summed E-state index contributed by atoms with van der Waals surface area (Å²) in [5.41, 5.74) is 0. The number of hydrogen-bond acceptors (Lipinski definition) is 1. The van der Waals surface area contributed by atoms with Gasteiger partial charge in [-0.25, -0.2) is 0 Å². The third-order valence-corrected chi connectivity index (χ3v) is 1.41. The molecule has 0 aliphatic carbocycles. The average Bonchev–Trinajstić information content (AvgIpc) is 1.84. The first-order valence-corrected chi connectivity index (χ1v) is 4.34. The van der Waals surface area contributed by atoms with Crippen molar-refractivity contribution in [3.63, 3.8) is 0 Å². The lowest BCUT2D eigenvalue weighted by atomic mass is 10.1. The van der Waals surface area contributed by atoms with E-state index in [0.29, 0.717) is 12.0 Å². The topological polar surface area (TPSA) is 9.23 Å². The van der Waals surface area contributed by atoms with E-state index in [0.717, 1.165) is 6.42 Å². The molecule has 0 heterocycles. The van der Waals surface area contributed by atoms with Crippen molar-refractivity contribution in [3.05, 3.63) is 12.7 Å². The summed E-state index contributed by atoms with van der Waals surface area (Å²) < 4.78 is 5.59. The molecular formula is C10H20O. The van der Waals surface area contributed by atoms with Gasteiger partial charge in [0, 0.05) is 0 Å². The predicted molar refractivity (Wildman–Crippen MR) is 49.7 cm³/mol. The highest BCUT2D eigenvalue weighted by atomic mass is 16.5. The molecule has 0 aromatic carbocycles. The van der Waals surface area contributed by atoms with Crippen LogP contribution in [-0.2, 0) is 4.74 Å². The van der Waals surface area contributed by atoms with Gasteiger partial charge in [-0.2, -0.15) is 0 Å². The fourth-order valence-corrected chi connectivity index (χ4v) is 1.02. The first kappa shape index (κ1) is 10.7. The van der Waals surface area contributed by atoms with Crippen molar-refractivity contribution >= 4 is 0 Å². The zero-order chi connectivity index (χ0) is 8.85. The van der Waals surface area contributed by atoms with Crippen LogP contribution in [0.25, 0.3) is 0 Å². The molecule has 11 heavy (non-hydrogen) atoms. The van der Waals surface area contributed by atoms with Crippen LogP contribution in [0.4, 0.5) is 0 Å². The van der Waals surface area contributed by atoms with Crippen molar-refractivity contribution in [2.45, 2.75) is 46.3 Å². The Morgan fingerprint density at radius 3 is 2.09 bits per heavy atom. The van der Waals surface area contributed by atoms with Crippen molar-refractivity contribution in [3.8, 4) is 0 Å². The van der Waals surface area contributed by atoms with Crippen LogP contribution in [0.1, 0.15) is 34.1 Å². The highest BCUT2D eigenvalue weighted by Crippen LogP contribution is 2.10. The summed E-state index contributed by atoms with van der Waals surface area (Å²) in [4.78, 5) is 0.